The van der Waals surface area contributed by atoms with Gasteiger partial charge < -0.3 is 10.1 Å². The van der Waals surface area contributed by atoms with Crippen LogP contribution in [0.1, 0.15) is 32.6 Å². The molecule has 5 heteroatoms. The van der Waals surface area contributed by atoms with Crippen LogP contribution in [-0.2, 0) is 4.74 Å². The highest BCUT2D eigenvalue weighted by molar-refractivity contribution is 5.89. The van der Waals surface area contributed by atoms with E-state index in [1.54, 1.807) is 12.1 Å². The minimum Gasteiger partial charge on any atom is -0.376 e. The highest BCUT2D eigenvalue weighted by Crippen LogP contribution is 2.26. The van der Waals surface area contributed by atoms with E-state index in [0.717, 1.165) is 6.42 Å². The normalized spacial score (nSPS) is 21.9. The van der Waals surface area contributed by atoms with Crippen LogP contribution in [0, 0.1) is 11.7 Å². The maximum absolute atomic E-state index is 13.9. The summed E-state index contributed by atoms with van der Waals surface area (Å²) in [5.74, 6) is 0.858. The quantitative estimate of drug-likeness (QED) is 0.854. The van der Waals surface area contributed by atoms with Crippen LogP contribution in [0.15, 0.2) is 24.5 Å². The molecule has 1 aromatic heterocycles. The largest absolute Gasteiger partial charge is 0.376 e. The first-order valence-corrected chi connectivity index (χ1v) is 8.00. The molecule has 1 N–H and O–H groups in total. The Morgan fingerprint density at radius 1 is 1.27 bits per heavy atom. The number of benzene rings is 1. The minimum absolute atomic E-state index is 0.303. The molecule has 1 heterocycles. The summed E-state index contributed by atoms with van der Waals surface area (Å²) >= 11 is 0. The van der Waals surface area contributed by atoms with Gasteiger partial charge in [-0.05, 0) is 30.9 Å². The Morgan fingerprint density at radius 3 is 3.00 bits per heavy atom. The number of hydrogen-bond acceptors (Lipinski definition) is 4. The third kappa shape index (κ3) is 3.35. The van der Waals surface area contributed by atoms with Gasteiger partial charge in [0.15, 0.2) is 0 Å². The van der Waals surface area contributed by atoms with Crippen molar-refractivity contribution in [1.82, 2.24) is 9.97 Å². The summed E-state index contributed by atoms with van der Waals surface area (Å²) in [6.45, 7) is 3.48. The van der Waals surface area contributed by atoms with Crippen LogP contribution in [-0.4, -0.2) is 29.2 Å². The molecule has 0 bridgehead atoms. The predicted octanol–water partition coefficient (Wildman–Crippen LogP) is 3.78. The molecule has 0 radical (unpaired) electrons. The van der Waals surface area contributed by atoms with Crippen molar-refractivity contribution in [1.29, 1.82) is 0 Å². The molecule has 0 spiro atoms. The van der Waals surface area contributed by atoms with Gasteiger partial charge in [-0.2, -0.15) is 0 Å². The number of anilines is 1. The average Bonchev–Trinajstić information content (AvgIpc) is 2.53. The number of hydrogen-bond donors (Lipinski definition) is 1. The van der Waals surface area contributed by atoms with Crippen molar-refractivity contribution in [3.05, 3.63) is 30.3 Å². The second-order valence-electron chi connectivity index (χ2n) is 5.95. The molecule has 1 aromatic carbocycles. The molecule has 2 atom stereocenters. The number of halogens is 1. The van der Waals surface area contributed by atoms with Crippen LogP contribution in [0.25, 0.3) is 10.9 Å². The monoisotopic (exact) mass is 303 g/mol. The fraction of sp³-hybridized carbons (Fsp3) is 0.529. The number of rotatable bonds is 5. The zero-order valence-electron chi connectivity index (χ0n) is 12.9. The van der Waals surface area contributed by atoms with Crippen LogP contribution in [0.2, 0.25) is 0 Å². The molecule has 118 valence electrons. The van der Waals surface area contributed by atoms with E-state index in [2.05, 4.69) is 22.2 Å². The van der Waals surface area contributed by atoms with Crippen LogP contribution >= 0.6 is 0 Å². The first-order chi connectivity index (χ1) is 10.8. The van der Waals surface area contributed by atoms with Crippen LogP contribution in [0.3, 0.4) is 0 Å². The van der Waals surface area contributed by atoms with E-state index in [-0.39, 0.29) is 5.82 Å². The fourth-order valence-corrected chi connectivity index (χ4v) is 3.11. The van der Waals surface area contributed by atoms with E-state index in [9.17, 15) is 4.39 Å². The number of nitrogens with one attached hydrogen (secondary N) is 1. The molecule has 0 aliphatic heterocycles. The molecular formula is C17H22FN3O. The van der Waals surface area contributed by atoms with E-state index in [1.165, 1.54) is 31.7 Å². The standard InChI is InChI=1S/C17H22FN3O/c1-12-5-2-3-8-15(12)22-10-9-19-17-16-13(18)6-4-7-14(16)20-11-21-17/h4,6-7,11-12,15H,2-3,5,8-10H2,1H3,(H,19,20,21). The fourth-order valence-electron chi connectivity index (χ4n) is 3.11. The van der Waals surface area contributed by atoms with Crippen LogP contribution in [0.4, 0.5) is 10.2 Å². The Hall–Kier alpha value is -1.75. The van der Waals surface area contributed by atoms with E-state index in [4.69, 9.17) is 4.74 Å². The zero-order chi connectivity index (χ0) is 15.4. The van der Waals surface area contributed by atoms with E-state index in [1.807, 2.05) is 0 Å². The van der Waals surface area contributed by atoms with Crippen molar-refractivity contribution >= 4 is 16.7 Å². The van der Waals surface area contributed by atoms with Crippen molar-refractivity contribution in [3.63, 3.8) is 0 Å². The van der Waals surface area contributed by atoms with Gasteiger partial charge in [0, 0.05) is 6.54 Å². The molecule has 1 aliphatic rings. The Balaban J connectivity index is 1.58. The Kier molecular flexibility index (Phi) is 4.83. The van der Waals surface area contributed by atoms with E-state index < -0.39 is 0 Å². The molecule has 3 rings (SSSR count). The number of ether oxygens (including phenoxy) is 1. The Bertz CT molecular complexity index is 629. The first kappa shape index (κ1) is 15.2. The van der Waals surface area contributed by atoms with Crippen molar-refractivity contribution in [2.45, 2.75) is 38.7 Å². The summed E-state index contributed by atoms with van der Waals surface area (Å²) in [5.41, 5.74) is 0.610. The molecule has 22 heavy (non-hydrogen) atoms. The summed E-state index contributed by atoms with van der Waals surface area (Å²) in [7, 11) is 0. The van der Waals surface area contributed by atoms with Gasteiger partial charge in [0.25, 0.3) is 0 Å². The highest BCUT2D eigenvalue weighted by atomic mass is 19.1. The highest BCUT2D eigenvalue weighted by Gasteiger charge is 2.21. The van der Waals surface area contributed by atoms with Gasteiger partial charge in [-0.25, -0.2) is 14.4 Å². The lowest BCUT2D eigenvalue weighted by atomic mass is 9.88. The van der Waals surface area contributed by atoms with E-state index >= 15 is 0 Å². The lowest BCUT2D eigenvalue weighted by Crippen LogP contribution is -2.27. The second kappa shape index (κ2) is 7.01. The molecule has 4 nitrogen and oxygen atoms in total. The van der Waals surface area contributed by atoms with Gasteiger partial charge in [-0.3, -0.25) is 0 Å². The third-order valence-electron chi connectivity index (χ3n) is 4.37. The number of fused-ring (bicyclic) bond motifs is 1. The maximum Gasteiger partial charge on any atom is 0.140 e. The molecule has 1 fully saturated rings. The maximum atomic E-state index is 13.9. The summed E-state index contributed by atoms with van der Waals surface area (Å²) in [6, 6.07) is 4.87. The number of aromatic nitrogens is 2. The number of nitrogens with zero attached hydrogens (tertiary/aromatic N) is 2. The zero-order valence-corrected chi connectivity index (χ0v) is 12.9. The van der Waals surface area contributed by atoms with Crippen molar-refractivity contribution < 1.29 is 9.13 Å². The van der Waals surface area contributed by atoms with Gasteiger partial charge in [-0.1, -0.05) is 25.8 Å². The summed E-state index contributed by atoms with van der Waals surface area (Å²) in [6.07, 6.45) is 6.77. The molecule has 0 saturated heterocycles. The van der Waals surface area contributed by atoms with Crippen molar-refractivity contribution in [2.75, 3.05) is 18.5 Å². The van der Waals surface area contributed by atoms with Crippen molar-refractivity contribution in [3.8, 4) is 0 Å². The SMILES string of the molecule is CC1CCCCC1OCCNc1ncnc2cccc(F)c12. The topological polar surface area (TPSA) is 47.0 Å². The lowest BCUT2D eigenvalue weighted by molar-refractivity contribution is 0.000379. The third-order valence-corrected chi connectivity index (χ3v) is 4.37. The van der Waals surface area contributed by atoms with Gasteiger partial charge in [0.2, 0.25) is 0 Å². The van der Waals surface area contributed by atoms with Gasteiger partial charge in [0.05, 0.1) is 23.6 Å². The Morgan fingerprint density at radius 2 is 2.14 bits per heavy atom. The first-order valence-electron chi connectivity index (χ1n) is 8.00. The minimum atomic E-state index is -0.303. The molecule has 0 amide bonds. The summed E-state index contributed by atoms with van der Waals surface area (Å²) in [5, 5.41) is 3.61. The Labute approximate surface area is 130 Å². The van der Waals surface area contributed by atoms with Crippen LogP contribution in [0.5, 0.6) is 0 Å². The molecular weight excluding hydrogens is 281 g/mol. The smallest absolute Gasteiger partial charge is 0.140 e. The molecule has 1 saturated carbocycles. The van der Waals surface area contributed by atoms with Gasteiger partial charge >= 0.3 is 0 Å². The van der Waals surface area contributed by atoms with Crippen molar-refractivity contribution in [2.24, 2.45) is 5.92 Å². The summed E-state index contributed by atoms with van der Waals surface area (Å²) < 4.78 is 19.9. The lowest BCUT2D eigenvalue weighted by Gasteiger charge is -2.28. The predicted molar refractivity (Wildman–Crippen MR) is 85.4 cm³/mol. The van der Waals surface area contributed by atoms with Gasteiger partial charge in [-0.15, -0.1) is 0 Å². The molecule has 2 unspecified atom stereocenters. The average molecular weight is 303 g/mol. The molecule has 1 aliphatic carbocycles. The van der Waals surface area contributed by atoms with Gasteiger partial charge in [0.1, 0.15) is 18.0 Å². The second-order valence-corrected chi connectivity index (χ2v) is 5.95. The summed E-state index contributed by atoms with van der Waals surface area (Å²) in [4.78, 5) is 8.24. The van der Waals surface area contributed by atoms with E-state index in [0.29, 0.717) is 41.9 Å². The van der Waals surface area contributed by atoms with Crippen LogP contribution < -0.4 is 5.32 Å². The molecule has 2 aromatic rings.